The number of aliphatic hydroxyl groups excluding tert-OH is 2. The molecule has 0 bridgehead atoms. The summed E-state index contributed by atoms with van der Waals surface area (Å²) in [6.45, 7) is 4.90. The fourth-order valence-corrected chi connectivity index (χ4v) is 9.64. The van der Waals surface area contributed by atoms with Gasteiger partial charge in [0.1, 0.15) is 0 Å². The van der Waals surface area contributed by atoms with Crippen LogP contribution in [0.25, 0.3) is 0 Å². The van der Waals surface area contributed by atoms with E-state index in [2.05, 4.69) is 31.3 Å². The molecule has 0 aliphatic carbocycles. The highest BCUT2D eigenvalue weighted by Crippen LogP contribution is 2.18. The van der Waals surface area contributed by atoms with Gasteiger partial charge < -0.3 is 20.3 Å². The van der Waals surface area contributed by atoms with Crippen molar-refractivity contribution in [3.05, 3.63) is 12.2 Å². The summed E-state index contributed by atoms with van der Waals surface area (Å²) in [5, 5.41) is 23.3. The van der Waals surface area contributed by atoms with Crippen molar-refractivity contribution in [2.45, 2.75) is 353 Å². The molecule has 0 radical (unpaired) electrons. The van der Waals surface area contributed by atoms with Gasteiger partial charge in [-0.2, -0.15) is 0 Å². The van der Waals surface area contributed by atoms with Crippen LogP contribution >= 0.6 is 0 Å². The number of nitrogens with one attached hydrogen (secondary N) is 1. The average molecular weight is 947 g/mol. The number of hydrogen-bond donors (Lipinski definition) is 3. The molecule has 67 heavy (non-hydrogen) atoms. The number of carbonyl (C=O) groups is 2. The Hall–Kier alpha value is -1.40. The lowest BCUT2D eigenvalue weighted by molar-refractivity contribution is -0.143. The van der Waals surface area contributed by atoms with Crippen molar-refractivity contribution in [2.24, 2.45) is 0 Å². The number of unbranched alkanes of at least 4 members (excludes halogenated alkanes) is 44. The van der Waals surface area contributed by atoms with E-state index < -0.39 is 12.1 Å². The second kappa shape index (κ2) is 57.2. The van der Waals surface area contributed by atoms with Gasteiger partial charge in [0.25, 0.3) is 0 Å². The van der Waals surface area contributed by atoms with Crippen molar-refractivity contribution in [3.8, 4) is 0 Å². The van der Waals surface area contributed by atoms with Gasteiger partial charge in [-0.15, -0.1) is 0 Å². The topological polar surface area (TPSA) is 95.9 Å². The predicted molar refractivity (Wildman–Crippen MR) is 292 cm³/mol. The molecule has 0 aliphatic heterocycles. The third-order valence-electron chi connectivity index (χ3n) is 14.3. The molecule has 0 fully saturated rings. The van der Waals surface area contributed by atoms with Crippen LogP contribution in [0.3, 0.4) is 0 Å². The summed E-state index contributed by atoms with van der Waals surface area (Å²) in [5.74, 6) is -0.0970. The second-order valence-electron chi connectivity index (χ2n) is 21.0. The normalized spacial score (nSPS) is 12.6. The van der Waals surface area contributed by atoms with Crippen molar-refractivity contribution in [2.75, 3.05) is 13.2 Å². The van der Waals surface area contributed by atoms with Crippen molar-refractivity contribution in [1.82, 2.24) is 5.32 Å². The average Bonchev–Trinajstić information content (AvgIpc) is 3.33. The molecule has 3 N–H and O–H groups in total. The Balaban J connectivity index is 3.48. The Morgan fingerprint density at radius 1 is 0.403 bits per heavy atom. The zero-order chi connectivity index (χ0) is 48.6. The predicted octanol–water partition coefficient (Wildman–Crippen LogP) is 18.9. The Bertz CT molecular complexity index is 1000. The minimum Gasteiger partial charge on any atom is -0.466 e. The summed E-state index contributed by atoms with van der Waals surface area (Å²) >= 11 is 0. The molecule has 0 aromatic rings. The molecule has 398 valence electrons. The van der Waals surface area contributed by atoms with Crippen LogP contribution in [-0.4, -0.2) is 47.4 Å². The van der Waals surface area contributed by atoms with E-state index in [4.69, 9.17) is 4.74 Å². The van der Waals surface area contributed by atoms with Gasteiger partial charge in [-0.1, -0.05) is 289 Å². The molecule has 0 saturated heterocycles. The molecule has 0 aliphatic rings. The van der Waals surface area contributed by atoms with Gasteiger partial charge in [0.15, 0.2) is 0 Å². The number of rotatable bonds is 57. The van der Waals surface area contributed by atoms with E-state index in [1.54, 1.807) is 0 Å². The molecular formula is C61H119NO5. The SMILES string of the molecule is CCCCCCCCCCCCCCCCCCCCCCCCC(O)C(CO)NC(=O)CCCCCC/C=C\CCCCOC(=O)CCCCCCCCCCCCCCCCCCCC. The first kappa shape index (κ1) is 65.6. The quantitative estimate of drug-likeness (QED) is 0.0321. The van der Waals surface area contributed by atoms with Crippen LogP contribution in [0, 0.1) is 0 Å². The van der Waals surface area contributed by atoms with Crippen molar-refractivity contribution < 1.29 is 24.5 Å². The number of carbonyl (C=O) groups excluding carboxylic acids is 2. The van der Waals surface area contributed by atoms with Crippen LogP contribution in [0.1, 0.15) is 341 Å². The first-order valence-corrected chi connectivity index (χ1v) is 30.4. The van der Waals surface area contributed by atoms with Crippen LogP contribution in [0.4, 0.5) is 0 Å². The fraction of sp³-hybridized carbons (Fsp3) is 0.934. The molecule has 2 unspecified atom stereocenters. The molecule has 6 nitrogen and oxygen atoms in total. The van der Waals surface area contributed by atoms with E-state index >= 15 is 0 Å². The molecule has 0 aromatic heterocycles. The third-order valence-corrected chi connectivity index (χ3v) is 14.3. The van der Waals surface area contributed by atoms with E-state index in [0.717, 1.165) is 77.0 Å². The Labute approximate surface area is 419 Å². The molecule has 0 heterocycles. The van der Waals surface area contributed by atoms with Gasteiger partial charge in [0, 0.05) is 12.8 Å². The third kappa shape index (κ3) is 53.8. The largest absolute Gasteiger partial charge is 0.466 e. The van der Waals surface area contributed by atoms with Gasteiger partial charge >= 0.3 is 5.97 Å². The standard InChI is InChI=1S/C61H119NO5/c1-3-5-7-9-11-13-15-17-19-21-23-24-25-26-27-29-31-33-37-41-45-49-53-59(64)58(57-63)62-60(65)54-50-46-42-38-35-36-40-44-48-52-56-67-61(66)55-51-47-43-39-34-32-30-28-22-20-18-16-14-12-10-8-6-4-2/h36,40,58-59,63-64H,3-35,37-39,41-57H2,1-2H3,(H,62,65)/b40-36-. The molecule has 0 saturated carbocycles. The molecule has 2 atom stereocenters. The van der Waals surface area contributed by atoms with E-state index in [1.807, 2.05) is 0 Å². The highest BCUT2D eigenvalue weighted by molar-refractivity contribution is 5.76. The Morgan fingerprint density at radius 2 is 0.701 bits per heavy atom. The van der Waals surface area contributed by atoms with Gasteiger partial charge in [-0.05, 0) is 51.4 Å². The summed E-state index contributed by atoms with van der Waals surface area (Å²) in [4.78, 5) is 24.6. The molecule has 0 rings (SSSR count). The monoisotopic (exact) mass is 946 g/mol. The van der Waals surface area contributed by atoms with E-state index in [-0.39, 0.29) is 18.5 Å². The van der Waals surface area contributed by atoms with Gasteiger partial charge in [0.2, 0.25) is 5.91 Å². The number of allylic oxidation sites excluding steroid dienone is 2. The maximum Gasteiger partial charge on any atom is 0.305 e. The lowest BCUT2D eigenvalue weighted by atomic mass is 10.0. The molecule has 0 aromatic carbocycles. The number of esters is 1. The lowest BCUT2D eigenvalue weighted by Crippen LogP contribution is -2.45. The van der Waals surface area contributed by atoms with Gasteiger partial charge in [-0.3, -0.25) is 9.59 Å². The fourth-order valence-electron chi connectivity index (χ4n) is 9.64. The van der Waals surface area contributed by atoms with Crippen molar-refractivity contribution >= 4 is 11.9 Å². The highest BCUT2D eigenvalue weighted by Gasteiger charge is 2.20. The van der Waals surface area contributed by atoms with Gasteiger partial charge in [0.05, 0.1) is 25.4 Å². The van der Waals surface area contributed by atoms with Crippen molar-refractivity contribution in [3.63, 3.8) is 0 Å². The second-order valence-corrected chi connectivity index (χ2v) is 21.0. The zero-order valence-electron chi connectivity index (χ0n) is 45.4. The summed E-state index contributed by atoms with van der Waals surface area (Å²) in [5.41, 5.74) is 0. The minimum absolute atomic E-state index is 0.0307. The van der Waals surface area contributed by atoms with Crippen LogP contribution < -0.4 is 5.32 Å². The summed E-state index contributed by atoms with van der Waals surface area (Å²) < 4.78 is 5.46. The molecule has 6 heteroatoms. The molecular weight excluding hydrogens is 827 g/mol. The molecule has 1 amide bonds. The minimum atomic E-state index is -0.686. The Morgan fingerprint density at radius 3 is 1.06 bits per heavy atom. The number of amides is 1. The maximum absolute atomic E-state index is 12.5. The van der Waals surface area contributed by atoms with Crippen LogP contribution in [0.5, 0.6) is 0 Å². The van der Waals surface area contributed by atoms with Crippen molar-refractivity contribution in [1.29, 1.82) is 0 Å². The maximum atomic E-state index is 12.5. The first-order chi connectivity index (χ1) is 33.0. The van der Waals surface area contributed by atoms with E-state index in [0.29, 0.717) is 25.9 Å². The lowest BCUT2D eigenvalue weighted by Gasteiger charge is -2.22. The van der Waals surface area contributed by atoms with Gasteiger partial charge in [-0.25, -0.2) is 0 Å². The summed E-state index contributed by atoms with van der Waals surface area (Å²) in [7, 11) is 0. The summed E-state index contributed by atoms with van der Waals surface area (Å²) in [6.07, 6.45) is 67.9. The Kier molecular flexibility index (Phi) is 56.0. The smallest absolute Gasteiger partial charge is 0.305 e. The van der Waals surface area contributed by atoms with Crippen LogP contribution in [0.2, 0.25) is 0 Å². The number of ether oxygens (including phenoxy) is 1. The van der Waals surface area contributed by atoms with E-state index in [9.17, 15) is 19.8 Å². The number of aliphatic hydroxyl groups is 2. The highest BCUT2D eigenvalue weighted by atomic mass is 16.5. The van der Waals surface area contributed by atoms with Crippen LogP contribution in [-0.2, 0) is 14.3 Å². The number of hydrogen-bond acceptors (Lipinski definition) is 5. The first-order valence-electron chi connectivity index (χ1n) is 30.4. The van der Waals surface area contributed by atoms with E-state index in [1.165, 1.54) is 231 Å². The van der Waals surface area contributed by atoms with Crippen LogP contribution in [0.15, 0.2) is 12.2 Å². The summed E-state index contributed by atoms with van der Waals surface area (Å²) in [6, 6.07) is -0.567. The molecule has 0 spiro atoms. The zero-order valence-corrected chi connectivity index (χ0v) is 45.4.